The van der Waals surface area contributed by atoms with Crippen LogP contribution in [0.5, 0.6) is 0 Å². The Morgan fingerprint density at radius 1 is 1.15 bits per heavy atom. The van der Waals surface area contributed by atoms with Crippen LogP contribution >= 0.6 is 0 Å². The standard InChI is InChI=1S/C22H32N4O/c1-17-6-5-7-19(14-17)16-26-22(20-8-3-4-13-27-20)23-21(24-26)15-18-9-11-25(2)12-10-18/h5-7,14,18,20H,3-4,8-13,15-16H2,1-2H3/t20-/m0/s1. The fourth-order valence-electron chi connectivity index (χ4n) is 4.30. The molecule has 0 amide bonds. The van der Waals surface area contributed by atoms with Crippen molar-refractivity contribution in [3.63, 3.8) is 0 Å². The number of likely N-dealkylation sites (tertiary alicyclic amines) is 1. The average Bonchev–Trinajstić information content (AvgIpc) is 3.06. The Kier molecular flexibility index (Phi) is 5.89. The summed E-state index contributed by atoms with van der Waals surface area (Å²) in [5.74, 6) is 2.73. The minimum atomic E-state index is 0.0994. The first kappa shape index (κ1) is 18.6. The maximum Gasteiger partial charge on any atom is 0.156 e. The first-order valence-corrected chi connectivity index (χ1v) is 10.5. The molecule has 1 aromatic heterocycles. The monoisotopic (exact) mass is 368 g/mol. The van der Waals surface area contributed by atoms with Crippen LogP contribution in [0.4, 0.5) is 0 Å². The average molecular weight is 369 g/mol. The van der Waals surface area contributed by atoms with Gasteiger partial charge in [-0.05, 0) is 70.6 Å². The van der Waals surface area contributed by atoms with Gasteiger partial charge in [-0.25, -0.2) is 9.67 Å². The van der Waals surface area contributed by atoms with E-state index in [1.54, 1.807) is 0 Å². The van der Waals surface area contributed by atoms with Gasteiger partial charge in [0.15, 0.2) is 11.6 Å². The summed E-state index contributed by atoms with van der Waals surface area (Å²) in [5.41, 5.74) is 2.57. The molecule has 0 spiro atoms. The molecule has 0 saturated carbocycles. The Morgan fingerprint density at radius 3 is 2.74 bits per heavy atom. The van der Waals surface area contributed by atoms with Crippen molar-refractivity contribution in [1.29, 1.82) is 0 Å². The van der Waals surface area contributed by atoms with Gasteiger partial charge in [0.1, 0.15) is 6.10 Å². The maximum atomic E-state index is 6.05. The van der Waals surface area contributed by atoms with Gasteiger partial charge in [0.05, 0.1) is 6.54 Å². The lowest BCUT2D eigenvalue weighted by atomic mass is 9.93. The molecular weight excluding hydrogens is 336 g/mol. The molecule has 2 aromatic rings. The summed E-state index contributed by atoms with van der Waals surface area (Å²) in [6.07, 6.45) is 7.02. The Hall–Kier alpha value is -1.72. The van der Waals surface area contributed by atoms with E-state index in [4.69, 9.17) is 14.8 Å². The normalized spacial score (nSPS) is 22.2. The van der Waals surface area contributed by atoms with Crippen LogP contribution in [0.2, 0.25) is 0 Å². The van der Waals surface area contributed by atoms with Crippen molar-refractivity contribution >= 4 is 0 Å². The van der Waals surface area contributed by atoms with Gasteiger partial charge in [0, 0.05) is 13.0 Å². The first-order chi connectivity index (χ1) is 13.2. The summed E-state index contributed by atoms with van der Waals surface area (Å²) >= 11 is 0. The van der Waals surface area contributed by atoms with Gasteiger partial charge in [-0.15, -0.1) is 0 Å². The number of aromatic nitrogens is 3. The van der Waals surface area contributed by atoms with Crippen molar-refractivity contribution < 1.29 is 4.74 Å². The number of aryl methyl sites for hydroxylation is 1. The van der Waals surface area contributed by atoms with Gasteiger partial charge in [0.25, 0.3) is 0 Å². The van der Waals surface area contributed by atoms with Gasteiger partial charge >= 0.3 is 0 Å². The quantitative estimate of drug-likeness (QED) is 0.806. The second-order valence-corrected chi connectivity index (χ2v) is 8.34. The van der Waals surface area contributed by atoms with Crippen LogP contribution in [0.1, 0.15) is 61.0 Å². The van der Waals surface area contributed by atoms with E-state index in [0.717, 1.165) is 44.1 Å². The summed E-state index contributed by atoms with van der Waals surface area (Å²) in [4.78, 5) is 7.40. The Morgan fingerprint density at radius 2 is 2.00 bits per heavy atom. The van der Waals surface area contributed by atoms with Crippen LogP contribution in [0.15, 0.2) is 24.3 Å². The molecule has 0 radical (unpaired) electrons. The van der Waals surface area contributed by atoms with Crippen molar-refractivity contribution in [3.8, 4) is 0 Å². The molecule has 5 nitrogen and oxygen atoms in total. The van der Waals surface area contributed by atoms with Crippen LogP contribution in [-0.4, -0.2) is 46.4 Å². The summed E-state index contributed by atoms with van der Waals surface area (Å²) in [6.45, 7) is 6.13. The van der Waals surface area contributed by atoms with Crippen LogP contribution < -0.4 is 0 Å². The molecule has 0 unspecified atom stereocenters. The number of piperidine rings is 1. The molecule has 3 heterocycles. The molecule has 4 rings (SSSR count). The number of nitrogens with zero attached hydrogens (tertiary/aromatic N) is 4. The molecule has 146 valence electrons. The lowest BCUT2D eigenvalue weighted by Crippen LogP contribution is -2.31. The molecule has 2 aliphatic heterocycles. The predicted molar refractivity (Wildman–Crippen MR) is 107 cm³/mol. The lowest BCUT2D eigenvalue weighted by molar-refractivity contribution is 0.00694. The number of hydrogen-bond donors (Lipinski definition) is 0. The summed E-state index contributed by atoms with van der Waals surface area (Å²) in [7, 11) is 2.21. The number of rotatable bonds is 5. The topological polar surface area (TPSA) is 43.2 Å². The van der Waals surface area contributed by atoms with Crippen LogP contribution in [-0.2, 0) is 17.7 Å². The van der Waals surface area contributed by atoms with E-state index in [-0.39, 0.29) is 6.10 Å². The first-order valence-electron chi connectivity index (χ1n) is 10.5. The number of hydrogen-bond acceptors (Lipinski definition) is 4. The fraction of sp³-hybridized carbons (Fsp3) is 0.636. The second kappa shape index (κ2) is 8.53. The lowest BCUT2D eigenvalue weighted by Gasteiger charge is -2.28. The fourth-order valence-corrected chi connectivity index (χ4v) is 4.30. The number of ether oxygens (including phenoxy) is 1. The highest BCUT2D eigenvalue weighted by atomic mass is 16.5. The van der Waals surface area contributed by atoms with Crippen molar-refractivity contribution in [2.45, 2.75) is 58.1 Å². The summed E-state index contributed by atoms with van der Waals surface area (Å²) < 4.78 is 8.16. The minimum Gasteiger partial charge on any atom is -0.370 e. The van der Waals surface area contributed by atoms with Crippen LogP contribution in [0, 0.1) is 12.8 Å². The smallest absolute Gasteiger partial charge is 0.156 e. The van der Waals surface area contributed by atoms with E-state index in [0.29, 0.717) is 5.92 Å². The van der Waals surface area contributed by atoms with Crippen LogP contribution in [0.25, 0.3) is 0 Å². The highest BCUT2D eigenvalue weighted by molar-refractivity contribution is 5.22. The van der Waals surface area contributed by atoms with E-state index in [1.807, 2.05) is 0 Å². The third kappa shape index (κ3) is 4.77. The van der Waals surface area contributed by atoms with E-state index in [2.05, 4.69) is 47.8 Å². The van der Waals surface area contributed by atoms with E-state index in [1.165, 1.54) is 43.5 Å². The Bertz CT molecular complexity index is 743. The molecule has 2 fully saturated rings. The third-order valence-electron chi connectivity index (χ3n) is 5.94. The van der Waals surface area contributed by atoms with E-state index < -0.39 is 0 Å². The van der Waals surface area contributed by atoms with Gasteiger partial charge in [-0.3, -0.25) is 0 Å². The zero-order chi connectivity index (χ0) is 18.6. The molecule has 2 aliphatic rings. The molecule has 5 heteroatoms. The highest BCUT2D eigenvalue weighted by Gasteiger charge is 2.25. The second-order valence-electron chi connectivity index (χ2n) is 8.34. The molecule has 27 heavy (non-hydrogen) atoms. The Balaban J connectivity index is 1.54. The molecular formula is C22H32N4O. The van der Waals surface area contributed by atoms with Crippen molar-refractivity contribution in [2.24, 2.45) is 5.92 Å². The molecule has 1 atom stereocenters. The van der Waals surface area contributed by atoms with Crippen molar-refractivity contribution in [3.05, 3.63) is 47.0 Å². The Labute approximate surface area is 162 Å². The van der Waals surface area contributed by atoms with E-state index >= 15 is 0 Å². The summed E-state index contributed by atoms with van der Waals surface area (Å²) in [5, 5.41) is 4.94. The van der Waals surface area contributed by atoms with Gasteiger partial charge in [-0.1, -0.05) is 29.8 Å². The highest BCUT2D eigenvalue weighted by Crippen LogP contribution is 2.28. The molecule has 0 bridgehead atoms. The molecule has 2 saturated heterocycles. The third-order valence-corrected chi connectivity index (χ3v) is 5.94. The maximum absolute atomic E-state index is 6.05. The minimum absolute atomic E-state index is 0.0994. The largest absolute Gasteiger partial charge is 0.370 e. The zero-order valence-corrected chi connectivity index (χ0v) is 16.7. The van der Waals surface area contributed by atoms with Crippen molar-refractivity contribution in [2.75, 3.05) is 26.7 Å². The number of benzene rings is 1. The van der Waals surface area contributed by atoms with Crippen molar-refractivity contribution in [1.82, 2.24) is 19.7 Å². The molecule has 0 N–H and O–H groups in total. The summed E-state index contributed by atoms with van der Waals surface area (Å²) in [6, 6.07) is 8.68. The van der Waals surface area contributed by atoms with E-state index in [9.17, 15) is 0 Å². The van der Waals surface area contributed by atoms with Gasteiger partial charge < -0.3 is 9.64 Å². The van der Waals surface area contributed by atoms with Gasteiger partial charge in [-0.2, -0.15) is 5.10 Å². The molecule has 1 aromatic carbocycles. The van der Waals surface area contributed by atoms with Crippen LogP contribution in [0.3, 0.4) is 0 Å². The molecule has 0 aliphatic carbocycles. The zero-order valence-electron chi connectivity index (χ0n) is 16.7. The predicted octanol–water partition coefficient (Wildman–Crippen LogP) is 3.76. The SMILES string of the molecule is Cc1cccc(Cn2nc(CC3CCN(C)CC3)nc2[C@@H]2CCCCO2)c1. The van der Waals surface area contributed by atoms with Gasteiger partial charge in [0.2, 0.25) is 0 Å².